The Kier molecular flexibility index (Phi) is 5.14. The van der Waals surface area contributed by atoms with Crippen LogP contribution < -0.4 is 0 Å². The summed E-state index contributed by atoms with van der Waals surface area (Å²) in [4.78, 5) is 0. The van der Waals surface area contributed by atoms with Crippen molar-refractivity contribution in [2.45, 2.75) is 25.4 Å². The Bertz CT molecular complexity index is 178. The van der Waals surface area contributed by atoms with Crippen LogP contribution in [0.2, 0.25) is 0 Å². The highest BCUT2D eigenvalue weighted by Gasteiger charge is 2.03. The maximum absolute atomic E-state index is 9.26. The van der Waals surface area contributed by atoms with Crippen LogP contribution in [0.25, 0.3) is 0 Å². The molecule has 60 valence electrons. The number of aliphatic hydroxyl groups excluding tert-OH is 1. The maximum Gasteiger partial charge on any atom is 0.0784 e. The summed E-state index contributed by atoms with van der Waals surface area (Å²) in [6.45, 7) is 7.09. The second kappa shape index (κ2) is 5.70. The van der Waals surface area contributed by atoms with Crippen LogP contribution in [-0.4, -0.2) is 11.2 Å². The molecular weight excluding hydrogens is 138 g/mol. The molecule has 0 aromatic carbocycles. The molecule has 1 atom stereocenters. The monoisotopic (exact) mass is 151 g/mol. The summed E-state index contributed by atoms with van der Waals surface area (Å²) in [7, 11) is 0. The van der Waals surface area contributed by atoms with Crippen molar-refractivity contribution in [3.63, 3.8) is 0 Å². The predicted octanol–water partition coefficient (Wildman–Crippen LogP) is 1.78. The van der Waals surface area contributed by atoms with E-state index >= 15 is 0 Å². The Balaban J connectivity index is 3.53. The van der Waals surface area contributed by atoms with Gasteiger partial charge < -0.3 is 5.11 Å². The second-order valence-corrected chi connectivity index (χ2v) is 2.35. The first-order valence-electron chi connectivity index (χ1n) is 3.58. The molecule has 1 unspecified atom stereocenters. The molecule has 0 aliphatic carbocycles. The van der Waals surface area contributed by atoms with Crippen LogP contribution in [0.4, 0.5) is 0 Å². The average molecular weight is 151 g/mol. The SMILES string of the molecule is C=CC(=C)C(O)CCCC#N. The fraction of sp³-hybridized carbons (Fsp3) is 0.444. The smallest absolute Gasteiger partial charge is 0.0784 e. The first kappa shape index (κ1) is 9.93. The summed E-state index contributed by atoms with van der Waals surface area (Å²) in [6, 6.07) is 2.01. The number of nitrogens with zero attached hydrogens (tertiary/aromatic N) is 1. The minimum Gasteiger partial charge on any atom is -0.388 e. The lowest BCUT2D eigenvalue weighted by Crippen LogP contribution is -2.06. The van der Waals surface area contributed by atoms with Gasteiger partial charge in [-0.1, -0.05) is 19.2 Å². The lowest BCUT2D eigenvalue weighted by Gasteiger charge is -2.07. The molecule has 0 saturated carbocycles. The summed E-state index contributed by atoms with van der Waals surface area (Å²) < 4.78 is 0. The van der Waals surface area contributed by atoms with Gasteiger partial charge in [0.25, 0.3) is 0 Å². The Morgan fingerprint density at radius 2 is 2.36 bits per heavy atom. The molecule has 0 saturated heterocycles. The van der Waals surface area contributed by atoms with Crippen LogP contribution in [0.5, 0.6) is 0 Å². The van der Waals surface area contributed by atoms with Gasteiger partial charge in [-0.15, -0.1) is 0 Å². The fourth-order valence-corrected chi connectivity index (χ4v) is 0.696. The Hall–Kier alpha value is -1.07. The molecular formula is C9H13NO. The Labute approximate surface area is 67.5 Å². The van der Waals surface area contributed by atoms with Crippen molar-refractivity contribution < 1.29 is 5.11 Å². The van der Waals surface area contributed by atoms with E-state index in [-0.39, 0.29) is 0 Å². The number of hydrogen-bond donors (Lipinski definition) is 1. The van der Waals surface area contributed by atoms with Crippen LogP contribution in [0.3, 0.4) is 0 Å². The summed E-state index contributed by atoms with van der Waals surface area (Å²) >= 11 is 0. The van der Waals surface area contributed by atoms with Gasteiger partial charge in [-0.2, -0.15) is 5.26 Å². The molecule has 0 spiro atoms. The van der Waals surface area contributed by atoms with Crippen molar-refractivity contribution in [3.05, 3.63) is 24.8 Å². The molecule has 1 N–H and O–H groups in total. The standard InChI is InChI=1S/C9H13NO/c1-3-8(2)9(11)6-4-5-7-10/h3,9,11H,1-2,4-6H2. The van der Waals surface area contributed by atoms with E-state index in [1.165, 1.54) is 6.08 Å². The minimum atomic E-state index is -0.527. The molecule has 2 nitrogen and oxygen atoms in total. The van der Waals surface area contributed by atoms with E-state index in [4.69, 9.17) is 5.26 Å². The highest BCUT2D eigenvalue weighted by atomic mass is 16.3. The Morgan fingerprint density at radius 3 is 2.82 bits per heavy atom. The Morgan fingerprint density at radius 1 is 1.73 bits per heavy atom. The molecule has 0 amide bonds. The van der Waals surface area contributed by atoms with E-state index in [9.17, 15) is 5.11 Å². The van der Waals surface area contributed by atoms with E-state index in [0.717, 1.165) is 0 Å². The number of hydrogen-bond acceptors (Lipinski definition) is 2. The van der Waals surface area contributed by atoms with E-state index in [0.29, 0.717) is 24.8 Å². The molecule has 0 aliphatic heterocycles. The third kappa shape index (κ3) is 4.35. The number of unbranched alkanes of at least 4 members (excludes halogenated alkanes) is 1. The number of aliphatic hydroxyl groups is 1. The highest BCUT2D eigenvalue weighted by Crippen LogP contribution is 2.08. The molecule has 0 aromatic heterocycles. The van der Waals surface area contributed by atoms with Crippen LogP contribution in [0.1, 0.15) is 19.3 Å². The zero-order valence-corrected chi connectivity index (χ0v) is 6.58. The summed E-state index contributed by atoms with van der Waals surface area (Å²) in [6.07, 6.45) is 2.81. The molecule has 0 radical (unpaired) electrons. The van der Waals surface area contributed by atoms with Gasteiger partial charge in [-0.3, -0.25) is 0 Å². The number of nitriles is 1. The lowest BCUT2D eigenvalue weighted by molar-refractivity contribution is 0.202. The van der Waals surface area contributed by atoms with Crippen molar-refractivity contribution in [2.75, 3.05) is 0 Å². The van der Waals surface area contributed by atoms with Gasteiger partial charge in [0.15, 0.2) is 0 Å². The third-order valence-corrected chi connectivity index (χ3v) is 1.46. The van der Waals surface area contributed by atoms with Gasteiger partial charge in [0.05, 0.1) is 12.2 Å². The van der Waals surface area contributed by atoms with Crippen molar-refractivity contribution in [3.8, 4) is 6.07 Å². The fourth-order valence-electron chi connectivity index (χ4n) is 0.696. The molecule has 11 heavy (non-hydrogen) atoms. The molecule has 0 aromatic rings. The van der Waals surface area contributed by atoms with Gasteiger partial charge in [0.1, 0.15) is 0 Å². The third-order valence-electron chi connectivity index (χ3n) is 1.46. The van der Waals surface area contributed by atoms with Gasteiger partial charge in [-0.05, 0) is 18.4 Å². The largest absolute Gasteiger partial charge is 0.388 e. The zero-order valence-electron chi connectivity index (χ0n) is 6.58. The molecule has 0 rings (SSSR count). The van der Waals surface area contributed by atoms with Gasteiger partial charge >= 0.3 is 0 Å². The minimum absolute atomic E-state index is 0.488. The normalized spacial score (nSPS) is 11.6. The van der Waals surface area contributed by atoms with Crippen molar-refractivity contribution in [1.29, 1.82) is 5.26 Å². The first-order valence-corrected chi connectivity index (χ1v) is 3.58. The predicted molar refractivity (Wildman–Crippen MR) is 44.8 cm³/mol. The molecule has 0 heterocycles. The second-order valence-electron chi connectivity index (χ2n) is 2.35. The van der Waals surface area contributed by atoms with E-state index in [1.54, 1.807) is 0 Å². The first-order chi connectivity index (χ1) is 5.22. The molecule has 0 aliphatic rings. The summed E-state index contributed by atoms with van der Waals surface area (Å²) in [5, 5.41) is 17.5. The average Bonchev–Trinajstić information content (AvgIpc) is 2.03. The molecule has 0 fully saturated rings. The lowest BCUT2D eigenvalue weighted by atomic mass is 10.1. The van der Waals surface area contributed by atoms with Gasteiger partial charge in [0, 0.05) is 6.42 Å². The van der Waals surface area contributed by atoms with Crippen LogP contribution >= 0.6 is 0 Å². The molecule has 2 heteroatoms. The van der Waals surface area contributed by atoms with Crippen molar-refractivity contribution in [2.24, 2.45) is 0 Å². The van der Waals surface area contributed by atoms with Crippen molar-refractivity contribution >= 4 is 0 Å². The number of rotatable bonds is 5. The zero-order chi connectivity index (χ0) is 8.69. The highest BCUT2D eigenvalue weighted by molar-refractivity contribution is 5.15. The topological polar surface area (TPSA) is 44.0 Å². The summed E-state index contributed by atoms with van der Waals surface area (Å²) in [5.74, 6) is 0. The van der Waals surface area contributed by atoms with Gasteiger partial charge in [0.2, 0.25) is 0 Å². The molecule has 0 bridgehead atoms. The van der Waals surface area contributed by atoms with Crippen LogP contribution in [-0.2, 0) is 0 Å². The maximum atomic E-state index is 9.26. The van der Waals surface area contributed by atoms with E-state index < -0.39 is 6.10 Å². The van der Waals surface area contributed by atoms with Crippen LogP contribution in [0, 0.1) is 11.3 Å². The van der Waals surface area contributed by atoms with Gasteiger partial charge in [-0.25, -0.2) is 0 Å². The van der Waals surface area contributed by atoms with Crippen molar-refractivity contribution in [1.82, 2.24) is 0 Å². The summed E-state index contributed by atoms with van der Waals surface area (Å²) in [5.41, 5.74) is 0.628. The quantitative estimate of drug-likeness (QED) is 0.481. The van der Waals surface area contributed by atoms with E-state index in [1.807, 2.05) is 6.07 Å². The van der Waals surface area contributed by atoms with E-state index in [2.05, 4.69) is 13.2 Å². The van der Waals surface area contributed by atoms with Crippen LogP contribution in [0.15, 0.2) is 24.8 Å².